The van der Waals surface area contributed by atoms with Gasteiger partial charge in [0.05, 0.1) is 11.9 Å². The number of carbonyl (C=O) groups excluding carboxylic acids is 1. The molecule has 3 heterocycles. The van der Waals surface area contributed by atoms with Crippen LogP contribution in [-0.4, -0.2) is 25.8 Å². The molecule has 0 atom stereocenters. The number of nitrogens with one attached hydrogen (secondary N) is 3. The minimum atomic E-state index is -0.150. The zero-order valence-electron chi connectivity index (χ0n) is 19.3. The lowest BCUT2D eigenvalue weighted by Crippen LogP contribution is -2.16. The van der Waals surface area contributed by atoms with Crippen LogP contribution in [0.25, 0.3) is 11.4 Å². The highest BCUT2D eigenvalue weighted by atomic mass is 35.5. The molecule has 0 bridgehead atoms. The van der Waals surface area contributed by atoms with Crippen LogP contribution in [0.3, 0.4) is 0 Å². The maximum absolute atomic E-state index is 12.1. The van der Waals surface area contributed by atoms with Crippen molar-refractivity contribution in [3.8, 4) is 11.4 Å². The highest BCUT2D eigenvalue weighted by Gasteiger charge is 2.28. The van der Waals surface area contributed by atoms with E-state index >= 15 is 0 Å². The molecule has 0 saturated heterocycles. The van der Waals surface area contributed by atoms with E-state index in [2.05, 4.69) is 49.7 Å². The fourth-order valence-electron chi connectivity index (χ4n) is 4.06. The number of carbonyl (C=O) groups is 1. The topological polar surface area (TPSA) is 105 Å². The summed E-state index contributed by atoms with van der Waals surface area (Å²) in [6.45, 7) is 4.29. The van der Waals surface area contributed by atoms with Crippen molar-refractivity contribution in [3.63, 3.8) is 0 Å². The lowest BCUT2D eigenvalue weighted by molar-refractivity contribution is -0.116. The Hall–Kier alpha value is -4.04. The van der Waals surface area contributed by atoms with Gasteiger partial charge in [-0.2, -0.15) is 4.98 Å². The minimum Gasteiger partial charge on any atom is -0.338 e. The van der Waals surface area contributed by atoms with Gasteiger partial charge in [-0.05, 0) is 53.8 Å². The molecular weight excluding hydrogens is 462 g/mol. The predicted molar refractivity (Wildman–Crippen MR) is 138 cm³/mol. The second kappa shape index (κ2) is 9.31. The summed E-state index contributed by atoms with van der Waals surface area (Å²) in [5, 5.41) is 9.93. The van der Waals surface area contributed by atoms with Gasteiger partial charge in [0.1, 0.15) is 5.02 Å². The second-order valence-corrected chi connectivity index (χ2v) is 9.36. The smallest absolute Gasteiger partial charge is 0.229 e. The highest BCUT2D eigenvalue weighted by molar-refractivity contribution is 6.33. The largest absolute Gasteiger partial charge is 0.338 e. The van der Waals surface area contributed by atoms with Crippen LogP contribution >= 0.6 is 11.6 Å². The number of rotatable bonds is 5. The van der Waals surface area contributed by atoms with Crippen molar-refractivity contribution in [1.82, 2.24) is 19.9 Å². The molecule has 1 amide bonds. The quantitative estimate of drug-likeness (QED) is 0.314. The SMILES string of the molecule is CC1(C)CCC(=O)Nc2ccc(Nc3ncc(Cl)c(Nc4ccccc4-c4ncccn4)n3)cc21. The van der Waals surface area contributed by atoms with Crippen molar-refractivity contribution >= 4 is 46.3 Å². The van der Waals surface area contributed by atoms with Gasteiger partial charge in [0.25, 0.3) is 0 Å². The Labute approximate surface area is 208 Å². The van der Waals surface area contributed by atoms with E-state index in [4.69, 9.17) is 11.6 Å². The van der Waals surface area contributed by atoms with Crippen molar-refractivity contribution in [3.05, 3.63) is 77.7 Å². The number of amides is 1. The van der Waals surface area contributed by atoms with E-state index in [0.717, 1.165) is 34.6 Å². The van der Waals surface area contributed by atoms with E-state index in [0.29, 0.717) is 29.0 Å². The van der Waals surface area contributed by atoms with Gasteiger partial charge in [-0.15, -0.1) is 0 Å². The van der Waals surface area contributed by atoms with Gasteiger partial charge < -0.3 is 16.0 Å². The van der Waals surface area contributed by atoms with Gasteiger partial charge in [-0.3, -0.25) is 4.79 Å². The molecule has 3 N–H and O–H groups in total. The van der Waals surface area contributed by atoms with E-state index in [-0.39, 0.29) is 11.3 Å². The number of hydrogen-bond acceptors (Lipinski definition) is 7. The molecule has 0 radical (unpaired) electrons. The molecule has 0 aliphatic carbocycles. The third-order valence-corrected chi connectivity index (χ3v) is 6.26. The third-order valence-electron chi connectivity index (χ3n) is 5.99. The maximum Gasteiger partial charge on any atom is 0.229 e. The lowest BCUT2D eigenvalue weighted by Gasteiger charge is -2.25. The van der Waals surface area contributed by atoms with E-state index in [1.54, 1.807) is 24.7 Å². The van der Waals surface area contributed by atoms with Gasteiger partial charge in [-0.25, -0.2) is 15.0 Å². The summed E-state index contributed by atoms with van der Waals surface area (Å²) in [4.78, 5) is 29.7. The van der Waals surface area contributed by atoms with E-state index in [9.17, 15) is 4.79 Å². The Morgan fingerprint density at radius 1 is 1.00 bits per heavy atom. The van der Waals surface area contributed by atoms with Crippen molar-refractivity contribution < 1.29 is 4.79 Å². The van der Waals surface area contributed by atoms with Gasteiger partial charge >= 0.3 is 0 Å². The summed E-state index contributed by atoms with van der Waals surface area (Å²) in [6.07, 6.45) is 6.22. The van der Waals surface area contributed by atoms with Crippen LogP contribution in [0, 0.1) is 0 Å². The molecule has 4 aromatic rings. The standard InChI is InChI=1S/C26H24ClN7O/c1-26(2)11-10-22(35)32-21-9-8-16(14-18(21)26)31-25-30-15-19(27)24(34-25)33-20-7-4-3-6-17(20)23-28-12-5-13-29-23/h3-9,12-15H,10-11H2,1-2H3,(H,32,35)(H2,30,31,33,34). The molecule has 8 nitrogen and oxygen atoms in total. The molecule has 1 aliphatic heterocycles. The average Bonchev–Trinajstić information content (AvgIpc) is 2.97. The van der Waals surface area contributed by atoms with E-state index in [1.165, 1.54) is 0 Å². The Kier molecular flexibility index (Phi) is 6.05. The van der Waals surface area contributed by atoms with Crippen LogP contribution in [0.2, 0.25) is 5.02 Å². The molecule has 2 aromatic heterocycles. The van der Waals surface area contributed by atoms with Crippen molar-refractivity contribution in [1.29, 1.82) is 0 Å². The first-order chi connectivity index (χ1) is 16.9. The van der Waals surface area contributed by atoms with Crippen LogP contribution in [-0.2, 0) is 10.2 Å². The predicted octanol–water partition coefficient (Wildman–Crippen LogP) is 6.08. The number of fused-ring (bicyclic) bond motifs is 1. The third kappa shape index (κ3) is 4.93. The monoisotopic (exact) mass is 485 g/mol. The van der Waals surface area contributed by atoms with Crippen LogP contribution in [0.15, 0.2) is 67.1 Å². The molecule has 9 heteroatoms. The summed E-state index contributed by atoms with van der Waals surface area (Å²) in [6, 6.07) is 15.3. The Balaban J connectivity index is 1.43. The van der Waals surface area contributed by atoms with Crippen molar-refractivity contribution in [2.45, 2.75) is 32.1 Å². The Bertz CT molecular complexity index is 1390. The summed E-state index contributed by atoms with van der Waals surface area (Å²) in [5.41, 5.74) is 4.17. The zero-order chi connectivity index (χ0) is 24.4. The van der Waals surface area contributed by atoms with Crippen molar-refractivity contribution in [2.75, 3.05) is 16.0 Å². The first-order valence-electron chi connectivity index (χ1n) is 11.3. The van der Waals surface area contributed by atoms with Gasteiger partial charge in [0.2, 0.25) is 11.9 Å². The average molecular weight is 486 g/mol. The summed E-state index contributed by atoms with van der Waals surface area (Å²) in [5.74, 6) is 1.48. The lowest BCUT2D eigenvalue weighted by atomic mass is 9.80. The number of nitrogens with zero attached hydrogens (tertiary/aromatic N) is 4. The highest BCUT2D eigenvalue weighted by Crippen LogP contribution is 2.38. The zero-order valence-corrected chi connectivity index (χ0v) is 20.1. The van der Waals surface area contributed by atoms with Crippen LogP contribution < -0.4 is 16.0 Å². The fourth-order valence-corrected chi connectivity index (χ4v) is 4.20. The molecule has 176 valence electrons. The van der Waals surface area contributed by atoms with E-state index in [1.807, 2.05) is 42.5 Å². The second-order valence-electron chi connectivity index (χ2n) is 8.95. The maximum atomic E-state index is 12.1. The van der Waals surface area contributed by atoms with Gasteiger partial charge in [-0.1, -0.05) is 37.6 Å². The van der Waals surface area contributed by atoms with Gasteiger partial charge in [0.15, 0.2) is 11.6 Å². The Morgan fingerprint density at radius 3 is 2.63 bits per heavy atom. The fraction of sp³-hybridized carbons (Fsp3) is 0.192. The minimum absolute atomic E-state index is 0.0375. The van der Waals surface area contributed by atoms with Crippen LogP contribution in [0.4, 0.5) is 28.8 Å². The first-order valence-corrected chi connectivity index (χ1v) is 11.6. The molecular formula is C26H24ClN7O. The normalized spacial score (nSPS) is 14.4. The number of halogens is 1. The van der Waals surface area contributed by atoms with Gasteiger partial charge in [0, 0.05) is 35.8 Å². The number of anilines is 5. The van der Waals surface area contributed by atoms with Crippen molar-refractivity contribution in [2.24, 2.45) is 0 Å². The Morgan fingerprint density at radius 2 is 1.80 bits per heavy atom. The molecule has 2 aromatic carbocycles. The molecule has 35 heavy (non-hydrogen) atoms. The summed E-state index contributed by atoms with van der Waals surface area (Å²) < 4.78 is 0. The van der Waals surface area contributed by atoms with Crippen LogP contribution in [0.5, 0.6) is 0 Å². The summed E-state index contributed by atoms with van der Waals surface area (Å²) >= 11 is 6.42. The first kappa shape index (κ1) is 22.7. The number of benzene rings is 2. The molecule has 0 unspecified atom stereocenters. The number of para-hydroxylation sites is 1. The van der Waals surface area contributed by atoms with Crippen LogP contribution in [0.1, 0.15) is 32.3 Å². The molecule has 0 spiro atoms. The molecule has 1 aliphatic rings. The summed E-state index contributed by atoms with van der Waals surface area (Å²) in [7, 11) is 0. The van der Waals surface area contributed by atoms with E-state index < -0.39 is 0 Å². The molecule has 0 fully saturated rings. The molecule has 5 rings (SSSR count). The number of aromatic nitrogens is 4. The molecule has 0 saturated carbocycles. The number of hydrogen-bond donors (Lipinski definition) is 3.